The molecule has 0 radical (unpaired) electrons. The van der Waals surface area contributed by atoms with E-state index in [4.69, 9.17) is 0 Å². The standard InChI is InChI=1S/C12H21BrN2S/c1-5-8(2)6-9(3)15-10(4)12-14-7-11(13)16-12/h7-10,15H,5-6H2,1-4H3. The van der Waals surface area contributed by atoms with E-state index >= 15 is 0 Å². The SMILES string of the molecule is CCC(C)CC(C)NC(C)c1ncc(Br)s1. The molecule has 0 saturated carbocycles. The molecule has 4 heteroatoms. The third kappa shape index (κ3) is 4.52. The van der Waals surface area contributed by atoms with E-state index in [0.29, 0.717) is 12.1 Å². The monoisotopic (exact) mass is 304 g/mol. The van der Waals surface area contributed by atoms with Crippen molar-refractivity contribution in [3.63, 3.8) is 0 Å². The number of nitrogens with one attached hydrogen (secondary N) is 1. The molecule has 2 nitrogen and oxygen atoms in total. The minimum atomic E-state index is 0.343. The van der Waals surface area contributed by atoms with Gasteiger partial charge in [-0.25, -0.2) is 4.98 Å². The second-order valence-corrected chi connectivity index (χ2v) is 6.98. The predicted octanol–water partition coefficient (Wildman–Crippen LogP) is 4.38. The van der Waals surface area contributed by atoms with Crippen molar-refractivity contribution in [1.29, 1.82) is 0 Å². The molecule has 0 fully saturated rings. The third-order valence-corrected chi connectivity index (χ3v) is 4.51. The van der Waals surface area contributed by atoms with E-state index < -0.39 is 0 Å². The molecule has 1 N–H and O–H groups in total. The number of halogens is 1. The van der Waals surface area contributed by atoms with Crippen LogP contribution in [0.3, 0.4) is 0 Å². The van der Waals surface area contributed by atoms with Gasteiger partial charge in [-0.3, -0.25) is 0 Å². The van der Waals surface area contributed by atoms with Gasteiger partial charge in [0.25, 0.3) is 0 Å². The fraction of sp³-hybridized carbons (Fsp3) is 0.750. The van der Waals surface area contributed by atoms with Crippen molar-refractivity contribution >= 4 is 27.3 Å². The molecule has 0 aliphatic carbocycles. The molecule has 0 bridgehead atoms. The lowest BCUT2D eigenvalue weighted by Gasteiger charge is -2.21. The van der Waals surface area contributed by atoms with E-state index in [9.17, 15) is 0 Å². The summed E-state index contributed by atoms with van der Waals surface area (Å²) in [5.74, 6) is 0.790. The Morgan fingerprint density at radius 1 is 1.44 bits per heavy atom. The van der Waals surface area contributed by atoms with Crippen LogP contribution in [0.2, 0.25) is 0 Å². The maximum Gasteiger partial charge on any atom is 0.110 e. The summed E-state index contributed by atoms with van der Waals surface area (Å²) in [7, 11) is 0. The van der Waals surface area contributed by atoms with Gasteiger partial charge in [0.1, 0.15) is 5.01 Å². The zero-order valence-corrected chi connectivity index (χ0v) is 12.9. The van der Waals surface area contributed by atoms with Gasteiger partial charge in [0.2, 0.25) is 0 Å². The molecule has 1 aromatic rings. The average Bonchev–Trinajstić information content (AvgIpc) is 2.64. The molecule has 0 amide bonds. The lowest BCUT2D eigenvalue weighted by atomic mass is 10.00. The van der Waals surface area contributed by atoms with Gasteiger partial charge >= 0.3 is 0 Å². The predicted molar refractivity (Wildman–Crippen MR) is 74.9 cm³/mol. The number of nitrogens with zero attached hydrogens (tertiary/aromatic N) is 1. The van der Waals surface area contributed by atoms with Gasteiger partial charge in [0.15, 0.2) is 0 Å². The van der Waals surface area contributed by atoms with Crippen LogP contribution in [0.5, 0.6) is 0 Å². The molecule has 0 spiro atoms. The van der Waals surface area contributed by atoms with Crippen molar-refractivity contribution < 1.29 is 0 Å². The highest BCUT2D eigenvalue weighted by Crippen LogP contribution is 2.24. The fourth-order valence-electron chi connectivity index (χ4n) is 1.80. The summed E-state index contributed by atoms with van der Waals surface area (Å²) in [6.07, 6.45) is 4.36. The van der Waals surface area contributed by atoms with Crippen LogP contribution in [-0.4, -0.2) is 11.0 Å². The summed E-state index contributed by atoms with van der Waals surface area (Å²) in [6.45, 7) is 8.99. The Balaban J connectivity index is 2.42. The molecule has 0 aromatic carbocycles. The van der Waals surface area contributed by atoms with Crippen LogP contribution in [0.4, 0.5) is 0 Å². The van der Waals surface area contributed by atoms with Crippen molar-refractivity contribution in [2.75, 3.05) is 0 Å². The first-order valence-electron chi connectivity index (χ1n) is 5.90. The average molecular weight is 305 g/mol. The van der Waals surface area contributed by atoms with Gasteiger partial charge in [0, 0.05) is 6.04 Å². The second-order valence-electron chi connectivity index (χ2n) is 4.54. The molecule has 92 valence electrons. The first-order valence-corrected chi connectivity index (χ1v) is 7.51. The molecule has 3 atom stereocenters. The van der Waals surface area contributed by atoms with Gasteiger partial charge in [-0.15, -0.1) is 11.3 Å². The van der Waals surface area contributed by atoms with E-state index in [1.807, 2.05) is 6.20 Å². The summed E-state index contributed by atoms with van der Waals surface area (Å²) < 4.78 is 1.10. The largest absolute Gasteiger partial charge is 0.306 e. The Morgan fingerprint density at radius 2 is 2.12 bits per heavy atom. The van der Waals surface area contributed by atoms with Crippen molar-refractivity contribution in [3.8, 4) is 0 Å². The van der Waals surface area contributed by atoms with E-state index in [1.165, 1.54) is 12.8 Å². The number of aromatic nitrogens is 1. The Bertz CT molecular complexity index is 314. The van der Waals surface area contributed by atoms with Crippen LogP contribution in [0.1, 0.15) is 51.6 Å². The summed E-state index contributed by atoms with van der Waals surface area (Å²) in [5.41, 5.74) is 0. The van der Waals surface area contributed by atoms with E-state index in [2.05, 4.69) is 53.9 Å². The zero-order valence-electron chi connectivity index (χ0n) is 10.5. The third-order valence-electron chi connectivity index (χ3n) is 2.85. The molecule has 3 unspecified atom stereocenters. The molecule has 1 rings (SSSR count). The van der Waals surface area contributed by atoms with Crippen LogP contribution in [-0.2, 0) is 0 Å². The Hall–Kier alpha value is 0.0700. The normalized spacial score (nSPS) is 17.1. The minimum Gasteiger partial charge on any atom is -0.306 e. The Morgan fingerprint density at radius 3 is 2.62 bits per heavy atom. The summed E-state index contributed by atoms with van der Waals surface area (Å²) in [6, 6.07) is 0.892. The number of hydrogen-bond donors (Lipinski definition) is 1. The molecule has 0 saturated heterocycles. The summed E-state index contributed by atoms with van der Waals surface area (Å²) >= 11 is 5.15. The highest BCUT2D eigenvalue weighted by molar-refractivity contribution is 9.11. The molecule has 16 heavy (non-hydrogen) atoms. The van der Waals surface area contributed by atoms with Crippen molar-refractivity contribution in [2.45, 2.75) is 52.6 Å². The Labute approximate surface area is 111 Å². The Kier molecular flexibility index (Phi) is 5.94. The second kappa shape index (κ2) is 6.72. The van der Waals surface area contributed by atoms with Crippen LogP contribution < -0.4 is 5.32 Å². The van der Waals surface area contributed by atoms with Crippen LogP contribution >= 0.6 is 27.3 Å². The fourth-order valence-corrected chi connectivity index (χ4v) is 3.06. The smallest absolute Gasteiger partial charge is 0.110 e. The topological polar surface area (TPSA) is 24.9 Å². The van der Waals surface area contributed by atoms with Gasteiger partial charge in [-0.2, -0.15) is 0 Å². The van der Waals surface area contributed by atoms with Crippen molar-refractivity contribution in [2.24, 2.45) is 5.92 Å². The van der Waals surface area contributed by atoms with Crippen LogP contribution in [0.25, 0.3) is 0 Å². The molecule has 1 aromatic heterocycles. The molecule has 0 aliphatic heterocycles. The van der Waals surface area contributed by atoms with E-state index in [-0.39, 0.29) is 0 Å². The van der Waals surface area contributed by atoms with Crippen LogP contribution in [0, 0.1) is 5.92 Å². The van der Waals surface area contributed by atoms with Crippen molar-refractivity contribution in [3.05, 3.63) is 15.0 Å². The van der Waals surface area contributed by atoms with Gasteiger partial charge in [-0.1, -0.05) is 20.3 Å². The van der Waals surface area contributed by atoms with Gasteiger partial charge in [-0.05, 0) is 42.1 Å². The zero-order chi connectivity index (χ0) is 12.1. The first kappa shape index (κ1) is 14.1. The van der Waals surface area contributed by atoms with Crippen molar-refractivity contribution in [1.82, 2.24) is 10.3 Å². The highest BCUT2D eigenvalue weighted by Gasteiger charge is 2.14. The molecule has 0 aliphatic rings. The lowest BCUT2D eigenvalue weighted by Crippen LogP contribution is -2.30. The number of rotatable bonds is 6. The van der Waals surface area contributed by atoms with Crippen LogP contribution in [0.15, 0.2) is 9.98 Å². The van der Waals surface area contributed by atoms with Gasteiger partial charge in [0.05, 0.1) is 16.0 Å². The lowest BCUT2D eigenvalue weighted by molar-refractivity contribution is 0.385. The molecular formula is C12H21BrN2S. The summed E-state index contributed by atoms with van der Waals surface area (Å²) in [5, 5.41) is 4.76. The van der Waals surface area contributed by atoms with Gasteiger partial charge < -0.3 is 5.32 Å². The van der Waals surface area contributed by atoms with E-state index in [0.717, 1.165) is 14.7 Å². The number of thiazole rings is 1. The summed E-state index contributed by atoms with van der Waals surface area (Å²) in [4.78, 5) is 4.38. The van der Waals surface area contributed by atoms with E-state index in [1.54, 1.807) is 11.3 Å². The maximum atomic E-state index is 4.38. The minimum absolute atomic E-state index is 0.343. The number of hydrogen-bond acceptors (Lipinski definition) is 3. The highest BCUT2D eigenvalue weighted by atomic mass is 79.9. The molecule has 1 heterocycles. The maximum absolute atomic E-state index is 4.38. The molecular weight excluding hydrogens is 284 g/mol. The quantitative estimate of drug-likeness (QED) is 0.843. The first-order chi connectivity index (χ1) is 7.52.